The van der Waals surface area contributed by atoms with E-state index in [0.29, 0.717) is 58.1 Å². The van der Waals surface area contributed by atoms with E-state index in [2.05, 4.69) is 25.5 Å². The van der Waals surface area contributed by atoms with Gasteiger partial charge >= 0.3 is 6.09 Å². The number of anilines is 3. The molecule has 2 aromatic rings. The summed E-state index contributed by atoms with van der Waals surface area (Å²) >= 11 is 0. The molecule has 1 amide bonds. The molecule has 0 bridgehead atoms. The van der Waals surface area contributed by atoms with E-state index in [9.17, 15) is 13.6 Å². The molecule has 2 aliphatic rings. The highest BCUT2D eigenvalue weighted by Gasteiger charge is 2.25. The first kappa shape index (κ1) is 26.8. The van der Waals surface area contributed by atoms with Gasteiger partial charge in [0, 0.05) is 76.5 Å². The number of benzene rings is 1. The number of nitrogens with one attached hydrogen (secondary N) is 2. The average molecular weight is 521 g/mol. The van der Waals surface area contributed by atoms with Crippen molar-refractivity contribution in [2.24, 2.45) is 0 Å². The number of amides is 1. The van der Waals surface area contributed by atoms with Gasteiger partial charge in [0.05, 0.1) is 30.7 Å². The molecule has 37 heavy (non-hydrogen) atoms. The van der Waals surface area contributed by atoms with Crippen LogP contribution in [-0.4, -0.2) is 90.6 Å². The number of carbonyl (C=O) groups is 1. The van der Waals surface area contributed by atoms with E-state index in [4.69, 9.17) is 14.2 Å². The summed E-state index contributed by atoms with van der Waals surface area (Å²) in [7, 11) is 0. The summed E-state index contributed by atoms with van der Waals surface area (Å²) in [4.78, 5) is 24.3. The third-order valence-electron chi connectivity index (χ3n) is 6.10. The molecule has 10 nitrogen and oxygen atoms in total. The maximum Gasteiger partial charge on any atom is 0.410 e. The summed E-state index contributed by atoms with van der Waals surface area (Å²) in [6.45, 7) is 8.90. The number of morpholine rings is 1. The lowest BCUT2D eigenvalue weighted by Crippen LogP contribution is -2.42. The van der Waals surface area contributed by atoms with Gasteiger partial charge in [-0.3, -0.25) is 4.90 Å². The standard InChI is InChI=1S/C25H34F2N6O4/c1-17(2)36-25(34)33-8-4-18(5-9-33)37-23-3-6-29-24(31-23)30-22-16-19(26)21(15-20(22)27)28-7-10-32-11-13-35-14-12-32/h3,6,15-18,28H,4-5,7-14H2,1-2H3,(H,29,30,31). The molecule has 0 saturated carbocycles. The highest BCUT2D eigenvalue weighted by Crippen LogP contribution is 2.26. The minimum atomic E-state index is -0.633. The minimum absolute atomic E-state index is 0.0784. The van der Waals surface area contributed by atoms with Crippen molar-refractivity contribution in [2.45, 2.75) is 38.9 Å². The van der Waals surface area contributed by atoms with Crippen LogP contribution in [0.1, 0.15) is 26.7 Å². The molecule has 0 aliphatic carbocycles. The van der Waals surface area contributed by atoms with E-state index >= 15 is 0 Å². The molecule has 12 heteroatoms. The van der Waals surface area contributed by atoms with Crippen LogP contribution in [0.3, 0.4) is 0 Å². The van der Waals surface area contributed by atoms with Crippen molar-refractivity contribution >= 4 is 23.4 Å². The van der Waals surface area contributed by atoms with Crippen molar-refractivity contribution in [1.82, 2.24) is 19.8 Å². The summed E-state index contributed by atoms with van der Waals surface area (Å²) in [5.41, 5.74) is 0.0169. The zero-order chi connectivity index (χ0) is 26.2. The van der Waals surface area contributed by atoms with Crippen LogP contribution in [-0.2, 0) is 9.47 Å². The van der Waals surface area contributed by atoms with Crippen molar-refractivity contribution in [1.29, 1.82) is 0 Å². The van der Waals surface area contributed by atoms with Crippen molar-refractivity contribution in [3.63, 3.8) is 0 Å². The summed E-state index contributed by atoms with van der Waals surface area (Å²) in [5, 5.41) is 5.69. The molecule has 0 unspecified atom stereocenters. The van der Waals surface area contributed by atoms with E-state index in [-0.39, 0.29) is 35.6 Å². The lowest BCUT2D eigenvalue weighted by atomic mass is 10.1. The second-order valence-electron chi connectivity index (χ2n) is 9.27. The van der Waals surface area contributed by atoms with Crippen molar-refractivity contribution < 1.29 is 27.8 Å². The van der Waals surface area contributed by atoms with Crippen LogP contribution in [0.4, 0.5) is 30.9 Å². The first-order valence-electron chi connectivity index (χ1n) is 12.6. The number of carbonyl (C=O) groups excluding carboxylic acids is 1. The van der Waals surface area contributed by atoms with Crippen molar-refractivity contribution in [2.75, 3.05) is 63.1 Å². The maximum absolute atomic E-state index is 14.7. The Morgan fingerprint density at radius 2 is 1.84 bits per heavy atom. The first-order valence-corrected chi connectivity index (χ1v) is 12.6. The summed E-state index contributed by atoms with van der Waals surface area (Å²) in [6, 6.07) is 3.80. The Labute approximate surface area is 215 Å². The summed E-state index contributed by atoms with van der Waals surface area (Å²) < 4.78 is 45.9. The molecular weight excluding hydrogens is 486 g/mol. The van der Waals surface area contributed by atoms with Crippen LogP contribution in [0.2, 0.25) is 0 Å². The number of hydrogen-bond donors (Lipinski definition) is 2. The predicted molar refractivity (Wildman–Crippen MR) is 134 cm³/mol. The average Bonchev–Trinajstić information content (AvgIpc) is 2.88. The van der Waals surface area contributed by atoms with E-state index in [0.717, 1.165) is 25.2 Å². The van der Waals surface area contributed by atoms with Gasteiger partial charge in [0.15, 0.2) is 0 Å². The molecule has 1 aromatic heterocycles. The molecule has 2 fully saturated rings. The lowest BCUT2D eigenvalue weighted by Gasteiger charge is -2.31. The van der Waals surface area contributed by atoms with Crippen LogP contribution >= 0.6 is 0 Å². The zero-order valence-corrected chi connectivity index (χ0v) is 21.2. The summed E-state index contributed by atoms with van der Waals surface area (Å²) in [6.07, 6.45) is 2.10. The molecular formula is C25H34F2N6O4. The zero-order valence-electron chi connectivity index (χ0n) is 21.2. The van der Waals surface area contributed by atoms with E-state index < -0.39 is 11.6 Å². The van der Waals surface area contributed by atoms with Gasteiger partial charge in [0.25, 0.3) is 0 Å². The second kappa shape index (κ2) is 12.8. The fourth-order valence-electron chi connectivity index (χ4n) is 4.14. The summed E-state index contributed by atoms with van der Waals surface area (Å²) in [5.74, 6) is -0.823. The van der Waals surface area contributed by atoms with Crippen molar-refractivity contribution in [3.05, 3.63) is 36.0 Å². The normalized spacial score (nSPS) is 17.1. The smallest absolute Gasteiger partial charge is 0.410 e. The Hall–Kier alpha value is -3.25. The molecule has 0 spiro atoms. The molecule has 0 radical (unpaired) electrons. The third-order valence-corrected chi connectivity index (χ3v) is 6.10. The number of ether oxygens (including phenoxy) is 3. The maximum atomic E-state index is 14.7. The van der Waals surface area contributed by atoms with E-state index in [1.165, 1.54) is 6.20 Å². The third kappa shape index (κ3) is 7.86. The Kier molecular flexibility index (Phi) is 9.29. The second-order valence-corrected chi connectivity index (χ2v) is 9.27. The lowest BCUT2D eigenvalue weighted by molar-refractivity contribution is 0.0398. The monoisotopic (exact) mass is 520 g/mol. The fraction of sp³-hybridized carbons (Fsp3) is 0.560. The van der Waals surface area contributed by atoms with Crippen molar-refractivity contribution in [3.8, 4) is 5.88 Å². The predicted octanol–water partition coefficient (Wildman–Crippen LogP) is 3.63. The number of rotatable bonds is 9. The Balaban J connectivity index is 1.29. The topological polar surface area (TPSA) is 101 Å². The van der Waals surface area contributed by atoms with Crippen LogP contribution in [0.5, 0.6) is 5.88 Å². The number of aromatic nitrogens is 2. The van der Waals surface area contributed by atoms with Crippen LogP contribution in [0.25, 0.3) is 0 Å². The SMILES string of the molecule is CC(C)OC(=O)N1CCC(Oc2ccnc(Nc3cc(F)c(NCCN4CCOCC4)cc3F)n2)CC1. The van der Waals surface area contributed by atoms with Gasteiger partial charge in [-0.25, -0.2) is 18.6 Å². The van der Waals surface area contributed by atoms with Gasteiger partial charge in [-0.2, -0.15) is 4.98 Å². The molecule has 0 atom stereocenters. The van der Waals surface area contributed by atoms with E-state index in [1.54, 1.807) is 11.0 Å². The number of hydrogen-bond acceptors (Lipinski definition) is 9. The van der Waals surface area contributed by atoms with Gasteiger partial charge in [0.2, 0.25) is 11.8 Å². The minimum Gasteiger partial charge on any atom is -0.474 e. The Morgan fingerprint density at radius 3 is 2.57 bits per heavy atom. The quantitative estimate of drug-likeness (QED) is 0.513. The largest absolute Gasteiger partial charge is 0.474 e. The van der Waals surface area contributed by atoms with Crippen LogP contribution in [0.15, 0.2) is 24.4 Å². The Bertz CT molecular complexity index is 1050. The van der Waals surface area contributed by atoms with Gasteiger partial charge in [-0.15, -0.1) is 0 Å². The number of nitrogens with zero attached hydrogens (tertiary/aromatic N) is 4. The Morgan fingerprint density at radius 1 is 1.14 bits per heavy atom. The number of likely N-dealkylation sites (tertiary alicyclic amines) is 1. The number of piperidine rings is 1. The van der Waals surface area contributed by atoms with Gasteiger partial charge in [0.1, 0.15) is 17.7 Å². The molecule has 4 rings (SSSR count). The van der Waals surface area contributed by atoms with E-state index in [1.807, 2.05) is 13.8 Å². The highest BCUT2D eigenvalue weighted by molar-refractivity contribution is 5.67. The molecule has 3 heterocycles. The highest BCUT2D eigenvalue weighted by atomic mass is 19.1. The van der Waals surface area contributed by atoms with Gasteiger partial charge in [-0.05, 0) is 13.8 Å². The fourth-order valence-corrected chi connectivity index (χ4v) is 4.14. The number of halogens is 2. The van der Waals surface area contributed by atoms with Crippen LogP contribution in [0, 0.1) is 11.6 Å². The first-order chi connectivity index (χ1) is 17.9. The molecule has 2 aliphatic heterocycles. The molecule has 1 aromatic carbocycles. The van der Waals surface area contributed by atoms with Crippen LogP contribution < -0.4 is 15.4 Å². The molecule has 2 N–H and O–H groups in total. The molecule has 202 valence electrons. The van der Waals surface area contributed by atoms with Gasteiger partial charge < -0.3 is 29.7 Å². The molecule has 2 saturated heterocycles. The van der Waals surface area contributed by atoms with Gasteiger partial charge in [-0.1, -0.05) is 0 Å².